The Labute approximate surface area is 170 Å². The van der Waals surface area contributed by atoms with Crippen molar-refractivity contribution in [2.45, 2.75) is 50.5 Å². The molecule has 1 aromatic carbocycles. The van der Waals surface area contributed by atoms with Crippen molar-refractivity contribution < 1.29 is 19.9 Å². The number of halogens is 2. The molecule has 1 saturated heterocycles. The van der Waals surface area contributed by atoms with Gasteiger partial charge in [0.05, 0.1) is 10.0 Å². The molecule has 5 N–H and O–H groups in total. The summed E-state index contributed by atoms with van der Waals surface area (Å²) in [6.07, 6.45) is 3.27. The lowest BCUT2D eigenvalue weighted by molar-refractivity contribution is -0.147. The third-order valence-corrected chi connectivity index (χ3v) is 6.06. The molecule has 1 aliphatic rings. The highest BCUT2D eigenvalue weighted by Crippen LogP contribution is 2.31. The predicted molar refractivity (Wildman–Crippen MR) is 108 cm³/mol. The Bertz CT molecular complexity index is 650. The van der Waals surface area contributed by atoms with Gasteiger partial charge in [0.15, 0.2) is 0 Å². The topological polar surface area (TPSA) is 107 Å². The third-order valence-electron chi connectivity index (χ3n) is 5.33. The molecule has 2 atom stereocenters. The molecule has 6 nitrogen and oxygen atoms in total. The molecule has 9 heteroatoms. The monoisotopic (exact) mass is 416 g/mol. The van der Waals surface area contributed by atoms with Gasteiger partial charge in [-0.05, 0) is 49.8 Å². The number of carbonyl (C=O) groups is 1. The van der Waals surface area contributed by atoms with Crippen molar-refractivity contribution in [2.24, 2.45) is 11.7 Å². The van der Waals surface area contributed by atoms with E-state index in [0.717, 1.165) is 24.9 Å². The molecule has 1 fully saturated rings. The molecule has 0 spiro atoms. The summed E-state index contributed by atoms with van der Waals surface area (Å²) in [4.78, 5) is 14.1. The Balaban J connectivity index is 2.00. The molecule has 0 saturated carbocycles. The van der Waals surface area contributed by atoms with E-state index < -0.39 is 18.6 Å². The molecule has 27 heavy (non-hydrogen) atoms. The van der Waals surface area contributed by atoms with Crippen LogP contribution in [0, 0.1) is 5.92 Å². The van der Waals surface area contributed by atoms with Crippen molar-refractivity contribution in [1.29, 1.82) is 0 Å². The first-order valence-electron chi connectivity index (χ1n) is 9.27. The van der Waals surface area contributed by atoms with E-state index in [1.54, 1.807) is 6.07 Å². The van der Waals surface area contributed by atoms with E-state index in [-0.39, 0.29) is 12.2 Å². The van der Waals surface area contributed by atoms with E-state index in [0.29, 0.717) is 42.4 Å². The summed E-state index contributed by atoms with van der Waals surface area (Å²) < 4.78 is 0. The van der Waals surface area contributed by atoms with Crippen LogP contribution < -0.4 is 5.73 Å². The van der Waals surface area contributed by atoms with Gasteiger partial charge in [-0.1, -0.05) is 42.1 Å². The van der Waals surface area contributed by atoms with Crippen LogP contribution in [0.3, 0.4) is 0 Å². The van der Waals surface area contributed by atoms with Crippen molar-refractivity contribution in [3.05, 3.63) is 33.8 Å². The van der Waals surface area contributed by atoms with Crippen LogP contribution in [0.4, 0.5) is 0 Å². The minimum absolute atomic E-state index is 0.162. The number of piperidine rings is 1. The number of likely N-dealkylation sites (tertiary alicyclic amines) is 1. The summed E-state index contributed by atoms with van der Waals surface area (Å²) in [5.74, 6) is -1.15. The first-order chi connectivity index (χ1) is 12.7. The molecule has 2 unspecified atom stereocenters. The van der Waals surface area contributed by atoms with E-state index >= 15 is 0 Å². The number of nitrogens with two attached hydrogens (primary N) is 1. The van der Waals surface area contributed by atoms with Gasteiger partial charge < -0.3 is 20.9 Å². The second kappa shape index (κ2) is 10.1. The Morgan fingerprint density at radius 3 is 2.67 bits per heavy atom. The average molecular weight is 417 g/mol. The SMILES string of the molecule is NC(CCCCB(O)O)(C(=O)O)C1CCCN(Cc2ccc(Cl)c(Cl)c2)C1. The Hall–Kier alpha value is -0.825. The number of rotatable bonds is 9. The zero-order chi connectivity index (χ0) is 20.0. The summed E-state index contributed by atoms with van der Waals surface area (Å²) in [5.41, 5.74) is 6.06. The number of aliphatic carboxylic acids is 1. The van der Waals surface area contributed by atoms with Crippen molar-refractivity contribution in [3.8, 4) is 0 Å². The van der Waals surface area contributed by atoms with Crippen molar-refractivity contribution in [2.75, 3.05) is 13.1 Å². The first-order valence-corrected chi connectivity index (χ1v) is 10.0. The van der Waals surface area contributed by atoms with E-state index in [4.69, 9.17) is 39.0 Å². The summed E-state index contributed by atoms with van der Waals surface area (Å²) in [6, 6.07) is 5.52. The number of carboxylic acids is 1. The molecule has 0 amide bonds. The fraction of sp³-hybridized carbons (Fsp3) is 0.611. The highest BCUT2D eigenvalue weighted by Gasteiger charge is 2.43. The predicted octanol–water partition coefficient (Wildman–Crippen LogP) is 2.63. The minimum Gasteiger partial charge on any atom is -0.480 e. The number of hydrogen-bond acceptors (Lipinski definition) is 5. The van der Waals surface area contributed by atoms with Crippen LogP contribution in [0.2, 0.25) is 16.4 Å². The molecule has 1 aliphatic heterocycles. The fourth-order valence-corrected chi connectivity index (χ4v) is 4.07. The van der Waals surface area contributed by atoms with Crippen molar-refractivity contribution >= 4 is 36.3 Å². The normalized spacial score (nSPS) is 20.3. The highest BCUT2D eigenvalue weighted by molar-refractivity contribution is 6.42. The molecular formula is C18H27BCl2N2O4. The van der Waals surface area contributed by atoms with Gasteiger partial charge in [-0.2, -0.15) is 0 Å². The molecule has 2 rings (SSSR count). The Morgan fingerprint density at radius 1 is 1.30 bits per heavy atom. The maximum absolute atomic E-state index is 11.9. The molecule has 0 radical (unpaired) electrons. The van der Waals surface area contributed by atoms with Crippen molar-refractivity contribution in [1.82, 2.24) is 4.90 Å². The molecule has 1 aromatic rings. The summed E-state index contributed by atoms with van der Waals surface area (Å²) >= 11 is 12.0. The molecule has 0 bridgehead atoms. The van der Waals surface area contributed by atoms with Gasteiger partial charge >= 0.3 is 13.1 Å². The summed E-state index contributed by atoms with van der Waals surface area (Å²) in [6.45, 7) is 2.15. The smallest absolute Gasteiger partial charge is 0.451 e. The van der Waals surface area contributed by atoms with Crippen LogP contribution >= 0.6 is 23.2 Å². The fourth-order valence-electron chi connectivity index (χ4n) is 3.75. The lowest BCUT2D eigenvalue weighted by Gasteiger charge is -2.41. The van der Waals surface area contributed by atoms with Crippen LogP contribution in [0.1, 0.15) is 37.7 Å². The zero-order valence-corrected chi connectivity index (χ0v) is 16.8. The van der Waals surface area contributed by atoms with Gasteiger partial charge in [-0.3, -0.25) is 9.69 Å². The maximum Gasteiger partial charge on any atom is 0.451 e. The molecule has 150 valence electrons. The first kappa shape index (κ1) is 22.5. The Morgan fingerprint density at radius 2 is 2.04 bits per heavy atom. The van der Waals surface area contributed by atoms with Gasteiger partial charge in [0, 0.05) is 19.0 Å². The lowest BCUT2D eigenvalue weighted by Crippen LogP contribution is -2.58. The molecular weight excluding hydrogens is 390 g/mol. The summed E-state index contributed by atoms with van der Waals surface area (Å²) in [5, 5.41) is 28.6. The molecule has 0 aromatic heterocycles. The van der Waals surface area contributed by atoms with Gasteiger partial charge in [0.25, 0.3) is 0 Å². The van der Waals surface area contributed by atoms with Crippen LogP contribution in [0.5, 0.6) is 0 Å². The number of benzene rings is 1. The second-order valence-electron chi connectivity index (χ2n) is 7.39. The van der Waals surface area contributed by atoms with Gasteiger partial charge in [-0.15, -0.1) is 0 Å². The lowest BCUT2D eigenvalue weighted by atomic mass is 9.75. The zero-order valence-electron chi connectivity index (χ0n) is 15.3. The van der Waals surface area contributed by atoms with Crippen molar-refractivity contribution in [3.63, 3.8) is 0 Å². The maximum atomic E-state index is 11.9. The van der Waals surface area contributed by atoms with E-state index in [9.17, 15) is 9.90 Å². The van der Waals surface area contributed by atoms with E-state index in [1.807, 2.05) is 12.1 Å². The van der Waals surface area contributed by atoms with Gasteiger partial charge in [0.1, 0.15) is 5.54 Å². The van der Waals surface area contributed by atoms with Crippen LogP contribution in [-0.2, 0) is 11.3 Å². The minimum atomic E-state index is -1.36. The quantitative estimate of drug-likeness (QED) is 0.364. The number of nitrogens with zero attached hydrogens (tertiary/aromatic N) is 1. The van der Waals surface area contributed by atoms with Crippen LogP contribution in [-0.4, -0.2) is 51.8 Å². The van der Waals surface area contributed by atoms with E-state index in [2.05, 4.69) is 4.90 Å². The Kier molecular flexibility index (Phi) is 8.40. The third kappa shape index (κ3) is 6.34. The molecule has 1 heterocycles. The number of hydrogen-bond donors (Lipinski definition) is 4. The standard InChI is InChI=1S/C18H27BCl2N2O4/c20-15-6-5-13(10-16(15)21)11-23-9-3-4-14(12-23)18(22,17(24)25)7-1-2-8-19(26)27/h5-6,10,14,26-27H,1-4,7-9,11-12,22H2,(H,24,25). The summed E-state index contributed by atoms with van der Waals surface area (Å²) in [7, 11) is -1.36. The van der Waals surface area contributed by atoms with Gasteiger partial charge in [0.2, 0.25) is 0 Å². The number of carboxylic acid groups (broad SMARTS) is 1. The average Bonchev–Trinajstić information content (AvgIpc) is 2.61. The highest BCUT2D eigenvalue weighted by atomic mass is 35.5. The molecule has 0 aliphatic carbocycles. The van der Waals surface area contributed by atoms with Gasteiger partial charge in [-0.25, -0.2) is 0 Å². The second-order valence-corrected chi connectivity index (χ2v) is 8.21. The number of unbranched alkanes of at least 4 members (excludes halogenated alkanes) is 1. The van der Waals surface area contributed by atoms with E-state index in [1.165, 1.54) is 0 Å². The largest absolute Gasteiger partial charge is 0.480 e. The van der Waals surface area contributed by atoms with Crippen LogP contribution in [0.25, 0.3) is 0 Å². The van der Waals surface area contributed by atoms with Crippen LogP contribution in [0.15, 0.2) is 18.2 Å².